The zero-order chi connectivity index (χ0) is 15.6. The number of ether oxygens (including phenoxy) is 1. The highest BCUT2D eigenvalue weighted by atomic mass is 32.1. The molecule has 2 aliphatic rings. The lowest BCUT2D eigenvalue weighted by atomic mass is 9.76. The molecule has 3 heterocycles. The van der Waals surface area contributed by atoms with E-state index in [2.05, 4.69) is 40.5 Å². The van der Waals surface area contributed by atoms with Crippen molar-refractivity contribution in [2.24, 2.45) is 5.41 Å². The van der Waals surface area contributed by atoms with Crippen molar-refractivity contribution in [2.45, 2.75) is 51.7 Å². The SMILES string of the molecule is COCC1CC2(CCN(Cc3ccsc3)CC2)CN1C(C)C. The molecule has 1 unspecified atom stereocenters. The summed E-state index contributed by atoms with van der Waals surface area (Å²) in [5.74, 6) is 0. The minimum absolute atomic E-state index is 0.540. The van der Waals surface area contributed by atoms with E-state index in [-0.39, 0.29) is 0 Å². The van der Waals surface area contributed by atoms with Crippen LogP contribution in [0.2, 0.25) is 0 Å². The molecule has 0 N–H and O–H groups in total. The average Bonchev–Trinajstić information content (AvgIpc) is 3.11. The first-order chi connectivity index (χ1) is 10.6. The van der Waals surface area contributed by atoms with E-state index in [4.69, 9.17) is 4.74 Å². The molecule has 2 saturated heterocycles. The molecule has 0 aliphatic carbocycles. The summed E-state index contributed by atoms with van der Waals surface area (Å²) in [6, 6.07) is 3.51. The number of hydrogen-bond donors (Lipinski definition) is 0. The zero-order valence-corrected chi connectivity index (χ0v) is 15.1. The summed E-state index contributed by atoms with van der Waals surface area (Å²) >= 11 is 1.81. The molecule has 0 amide bonds. The summed E-state index contributed by atoms with van der Waals surface area (Å²) in [7, 11) is 1.84. The summed E-state index contributed by atoms with van der Waals surface area (Å²) in [5.41, 5.74) is 2.02. The van der Waals surface area contributed by atoms with Crippen LogP contribution in [0.3, 0.4) is 0 Å². The van der Waals surface area contributed by atoms with Gasteiger partial charge in [0.05, 0.1) is 6.61 Å². The Bertz CT molecular complexity index is 452. The lowest BCUT2D eigenvalue weighted by Gasteiger charge is -2.39. The number of methoxy groups -OCH3 is 1. The quantitative estimate of drug-likeness (QED) is 0.826. The van der Waals surface area contributed by atoms with Crippen molar-refractivity contribution in [1.82, 2.24) is 9.80 Å². The molecule has 2 fully saturated rings. The molecule has 0 bridgehead atoms. The van der Waals surface area contributed by atoms with Gasteiger partial charge in [0.25, 0.3) is 0 Å². The van der Waals surface area contributed by atoms with Gasteiger partial charge in [0.15, 0.2) is 0 Å². The fourth-order valence-electron chi connectivity index (χ4n) is 4.34. The summed E-state index contributed by atoms with van der Waals surface area (Å²) in [6.45, 7) is 10.4. The van der Waals surface area contributed by atoms with Crippen molar-refractivity contribution in [3.63, 3.8) is 0 Å². The molecule has 1 aromatic rings. The van der Waals surface area contributed by atoms with Gasteiger partial charge < -0.3 is 4.74 Å². The maximum Gasteiger partial charge on any atom is 0.0618 e. The predicted molar refractivity (Wildman–Crippen MR) is 93.4 cm³/mol. The van der Waals surface area contributed by atoms with Crippen LogP contribution in [-0.4, -0.2) is 55.2 Å². The molecule has 1 aromatic heterocycles. The van der Waals surface area contributed by atoms with E-state index >= 15 is 0 Å². The van der Waals surface area contributed by atoms with Crippen molar-refractivity contribution >= 4 is 11.3 Å². The second-order valence-electron chi connectivity index (χ2n) is 7.49. The van der Waals surface area contributed by atoms with Crippen molar-refractivity contribution in [3.05, 3.63) is 22.4 Å². The number of piperidine rings is 1. The van der Waals surface area contributed by atoms with Gasteiger partial charge in [0.1, 0.15) is 0 Å². The normalized spacial score (nSPS) is 26.3. The second kappa shape index (κ2) is 7.00. The van der Waals surface area contributed by atoms with E-state index in [1.807, 2.05) is 18.4 Å². The number of likely N-dealkylation sites (tertiary alicyclic amines) is 2. The Morgan fingerprint density at radius 1 is 1.36 bits per heavy atom. The van der Waals surface area contributed by atoms with E-state index < -0.39 is 0 Å². The van der Waals surface area contributed by atoms with Gasteiger partial charge in [-0.15, -0.1) is 0 Å². The van der Waals surface area contributed by atoms with E-state index in [0.717, 1.165) is 13.2 Å². The van der Waals surface area contributed by atoms with Crippen molar-refractivity contribution in [2.75, 3.05) is 33.4 Å². The first-order valence-electron chi connectivity index (χ1n) is 8.60. The molecule has 22 heavy (non-hydrogen) atoms. The van der Waals surface area contributed by atoms with Crippen LogP contribution >= 0.6 is 11.3 Å². The maximum absolute atomic E-state index is 5.48. The molecule has 3 nitrogen and oxygen atoms in total. The van der Waals surface area contributed by atoms with E-state index in [0.29, 0.717) is 17.5 Å². The molecule has 1 atom stereocenters. The van der Waals surface area contributed by atoms with Gasteiger partial charge in [0.2, 0.25) is 0 Å². The van der Waals surface area contributed by atoms with E-state index in [1.165, 1.54) is 44.5 Å². The van der Waals surface area contributed by atoms with E-state index in [9.17, 15) is 0 Å². The Morgan fingerprint density at radius 2 is 2.14 bits per heavy atom. The molecule has 3 rings (SSSR count). The van der Waals surface area contributed by atoms with Crippen LogP contribution in [0.4, 0.5) is 0 Å². The van der Waals surface area contributed by atoms with Crippen molar-refractivity contribution < 1.29 is 4.74 Å². The standard InChI is InChI=1S/C18H30N2OS/c1-15(2)20-14-18(10-17(20)12-21-3)5-7-19(8-6-18)11-16-4-9-22-13-16/h4,9,13,15,17H,5-8,10-12,14H2,1-3H3. The third-order valence-corrected chi connectivity index (χ3v) is 6.31. The average molecular weight is 323 g/mol. The number of hydrogen-bond acceptors (Lipinski definition) is 4. The van der Waals surface area contributed by atoms with Crippen LogP contribution in [0.25, 0.3) is 0 Å². The highest BCUT2D eigenvalue weighted by Gasteiger charge is 2.45. The number of nitrogens with zero attached hydrogens (tertiary/aromatic N) is 2. The Labute approximate surface area is 139 Å². The van der Waals surface area contributed by atoms with Crippen LogP contribution in [-0.2, 0) is 11.3 Å². The molecule has 0 aromatic carbocycles. The minimum Gasteiger partial charge on any atom is -0.383 e. The van der Waals surface area contributed by atoms with Gasteiger partial charge in [0, 0.05) is 32.3 Å². The first kappa shape index (κ1) is 16.4. The fraction of sp³-hybridized carbons (Fsp3) is 0.778. The smallest absolute Gasteiger partial charge is 0.0618 e. The third kappa shape index (κ3) is 3.56. The van der Waals surface area contributed by atoms with Crippen LogP contribution in [0.15, 0.2) is 16.8 Å². The van der Waals surface area contributed by atoms with Crippen LogP contribution < -0.4 is 0 Å². The molecule has 124 valence electrons. The van der Waals surface area contributed by atoms with E-state index in [1.54, 1.807) is 0 Å². The van der Waals surface area contributed by atoms with Crippen LogP contribution in [0, 0.1) is 5.41 Å². The maximum atomic E-state index is 5.48. The number of rotatable bonds is 5. The third-order valence-electron chi connectivity index (χ3n) is 5.58. The highest BCUT2D eigenvalue weighted by molar-refractivity contribution is 7.07. The summed E-state index contributed by atoms with van der Waals surface area (Å²) in [6.07, 6.45) is 4.02. The topological polar surface area (TPSA) is 15.7 Å². The summed E-state index contributed by atoms with van der Waals surface area (Å²) in [4.78, 5) is 5.31. The lowest BCUT2D eigenvalue weighted by Crippen LogP contribution is -2.42. The van der Waals surface area contributed by atoms with Crippen LogP contribution in [0.1, 0.15) is 38.7 Å². The fourth-order valence-corrected chi connectivity index (χ4v) is 5.00. The summed E-state index contributed by atoms with van der Waals surface area (Å²) < 4.78 is 5.48. The first-order valence-corrected chi connectivity index (χ1v) is 9.54. The zero-order valence-electron chi connectivity index (χ0n) is 14.3. The van der Waals surface area contributed by atoms with Crippen molar-refractivity contribution in [3.8, 4) is 0 Å². The van der Waals surface area contributed by atoms with Gasteiger partial charge in [-0.25, -0.2) is 0 Å². The minimum atomic E-state index is 0.540. The molecule has 2 aliphatic heterocycles. The molecule has 0 saturated carbocycles. The van der Waals surface area contributed by atoms with Gasteiger partial charge >= 0.3 is 0 Å². The Morgan fingerprint density at radius 3 is 2.73 bits per heavy atom. The lowest BCUT2D eigenvalue weighted by molar-refractivity contribution is 0.0916. The molecule has 0 radical (unpaired) electrons. The monoisotopic (exact) mass is 322 g/mol. The van der Waals surface area contributed by atoms with Gasteiger partial charge in [-0.2, -0.15) is 11.3 Å². The Kier molecular flexibility index (Phi) is 5.23. The Hall–Kier alpha value is -0.420. The van der Waals surface area contributed by atoms with Gasteiger partial charge in [-0.1, -0.05) is 0 Å². The predicted octanol–water partition coefficient (Wildman–Crippen LogP) is 3.46. The highest BCUT2D eigenvalue weighted by Crippen LogP contribution is 2.44. The second-order valence-corrected chi connectivity index (χ2v) is 8.27. The molecule has 1 spiro atoms. The summed E-state index contributed by atoms with van der Waals surface area (Å²) in [5, 5.41) is 4.47. The molecule has 4 heteroatoms. The molecular weight excluding hydrogens is 292 g/mol. The molecular formula is C18H30N2OS. The van der Waals surface area contributed by atoms with Crippen LogP contribution in [0.5, 0.6) is 0 Å². The van der Waals surface area contributed by atoms with Crippen molar-refractivity contribution in [1.29, 1.82) is 0 Å². The number of thiophene rings is 1. The Balaban J connectivity index is 1.57. The van der Waals surface area contributed by atoms with Gasteiger partial charge in [-0.3, -0.25) is 9.80 Å². The van der Waals surface area contributed by atoms with Gasteiger partial charge in [-0.05, 0) is 74.0 Å². The largest absolute Gasteiger partial charge is 0.383 e.